The average molecular weight is 264 g/mol. The number of nitrogen functional groups attached to an aromatic ring is 1. The van der Waals surface area contributed by atoms with Crippen molar-refractivity contribution in [1.82, 2.24) is 9.88 Å². The van der Waals surface area contributed by atoms with Gasteiger partial charge in [0, 0.05) is 19.3 Å². The van der Waals surface area contributed by atoms with Crippen molar-refractivity contribution in [2.45, 2.75) is 34.1 Å². The molecule has 0 saturated heterocycles. The third-order valence-electron chi connectivity index (χ3n) is 3.67. The molecule has 0 aliphatic carbocycles. The molecule has 1 aromatic heterocycles. The van der Waals surface area contributed by atoms with Gasteiger partial charge in [0.25, 0.3) is 0 Å². The van der Waals surface area contributed by atoms with Crippen molar-refractivity contribution in [2.75, 3.05) is 43.4 Å². The Morgan fingerprint density at radius 1 is 1.11 bits per heavy atom. The number of hydrogen-bond acceptors (Lipinski definition) is 4. The van der Waals surface area contributed by atoms with Gasteiger partial charge in [-0.1, -0.05) is 13.8 Å². The Kier molecular flexibility index (Phi) is 6.64. The van der Waals surface area contributed by atoms with E-state index in [0.29, 0.717) is 0 Å². The van der Waals surface area contributed by atoms with Gasteiger partial charge in [0.2, 0.25) is 0 Å². The van der Waals surface area contributed by atoms with Crippen LogP contribution in [-0.4, -0.2) is 42.6 Å². The van der Waals surface area contributed by atoms with E-state index in [9.17, 15) is 0 Å². The van der Waals surface area contributed by atoms with Gasteiger partial charge in [-0.25, -0.2) is 4.98 Å². The second-order valence-electron chi connectivity index (χ2n) is 4.83. The number of anilines is 2. The maximum Gasteiger partial charge on any atom is 0.152 e. The normalized spacial score (nSPS) is 11.0. The van der Waals surface area contributed by atoms with E-state index in [0.717, 1.165) is 56.2 Å². The van der Waals surface area contributed by atoms with E-state index in [1.54, 1.807) is 0 Å². The number of nitrogens with zero attached hydrogens (tertiary/aromatic N) is 3. The molecule has 108 valence electrons. The lowest BCUT2D eigenvalue weighted by Crippen LogP contribution is -2.31. The van der Waals surface area contributed by atoms with E-state index in [2.05, 4.69) is 35.6 Å². The van der Waals surface area contributed by atoms with E-state index < -0.39 is 0 Å². The molecule has 0 unspecified atom stereocenters. The highest BCUT2D eigenvalue weighted by Crippen LogP contribution is 2.23. The van der Waals surface area contributed by atoms with Crippen LogP contribution in [0.25, 0.3) is 0 Å². The first-order chi connectivity index (χ1) is 9.13. The Morgan fingerprint density at radius 2 is 1.79 bits per heavy atom. The Balaban J connectivity index is 2.61. The molecule has 0 aliphatic heterocycles. The number of hydrogen-bond donors (Lipinski definition) is 1. The molecule has 1 rings (SSSR count). The molecule has 0 amide bonds. The molecule has 19 heavy (non-hydrogen) atoms. The number of rotatable bonds is 8. The van der Waals surface area contributed by atoms with Gasteiger partial charge >= 0.3 is 0 Å². The summed E-state index contributed by atoms with van der Waals surface area (Å²) in [6.07, 6.45) is 2.98. The molecule has 0 aliphatic rings. The molecule has 2 N–H and O–H groups in total. The van der Waals surface area contributed by atoms with E-state index in [-0.39, 0.29) is 0 Å². The molecular weight excluding hydrogens is 236 g/mol. The quantitative estimate of drug-likeness (QED) is 0.783. The second kappa shape index (κ2) is 8.00. The predicted molar refractivity (Wildman–Crippen MR) is 83.7 cm³/mol. The van der Waals surface area contributed by atoms with Crippen LogP contribution in [0.2, 0.25) is 0 Å². The number of nitrogens with two attached hydrogens (primary N) is 1. The monoisotopic (exact) mass is 264 g/mol. The van der Waals surface area contributed by atoms with Crippen LogP contribution in [0.15, 0.2) is 12.3 Å². The summed E-state index contributed by atoms with van der Waals surface area (Å²) in [5.74, 6) is 0.932. The zero-order chi connectivity index (χ0) is 14.3. The third-order valence-corrected chi connectivity index (χ3v) is 3.67. The SMILES string of the molecule is CCN(CC)CCCN(CC)c1nccc(C)c1N. The van der Waals surface area contributed by atoms with Crippen molar-refractivity contribution in [1.29, 1.82) is 0 Å². The molecule has 0 radical (unpaired) electrons. The van der Waals surface area contributed by atoms with Crippen LogP contribution in [0, 0.1) is 6.92 Å². The van der Waals surface area contributed by atoms with Crippen LogP contribution in [0.4, 0.5) is 11.5 Å². The minimum absolute atomic E-state index is 0.812. The highest BCUT2D eigenvalue weighted by molar-refractivity contribution is 5.66. The first kappa shape index (κ1) is 15.8. The van der Waals surface area contributed by atoms with Gasteiger partial charge in [-0.3, -0.25) is 0 Å². The summed E-state index contributed by atoms with van der Waals surface area (Å²) >= 11 is 0. The van der Waals surface area contributed by atoms with Gasteiger partial charge in [-0.15, -0.1) is 0 Å². The van der Waals surface area contributed by atoms with E-state index in [4.69, 9.17) is 5.73 Å². The predicted octanol–water partition coefficient (Wildman–Crippen LogP) is 2.53. The molecule has 0 saturated carbocycles. The minimum Gasteiger partial charge on any atom is -0.396 e. The van der Waals surface area contributed by atoms with Crippen LogP contribution in [-0.2, 0) is 0 Å². The maximum absolute atomic E-state index is 6.13. The van der Waals surface area contributed by atoms with Crippen LogP contribution in [0.1, 0.15) is 32.8 Å². The van der Waals surface area contributed by atoms with Crippen LogP contribution in [0.3, 0.4) is 0 Å². The van der Waals surface area contributed by atoms with Crippen molar-refractivity contribution in [2.24, 2.45) is 0 Å². The minimum atomic E-state index is 0.812. The molecule has 0 spiro atoms. The van der Waals surface area contributed by atoms with Crippen molar-refractivity contribution >= 4 is 11.5 Å². The number of aryl methyl sites for hydroxylation is 1. The van der Waals surface area contributed by atoms with E-state index in [1.807, 2.05) is 19.2 Å². The Labute approximate surface area is 117 Å². The summed E-state index contributed by atoms with van der Waals surface area (Å²) in [5, 5.41) is 0. The standard InChI is InChI=1S/C15H28N4/c1-5-18(6-2)11-8-12-19(7-3)15-14(16)13(4)9-10-17-15/h9-10H,5-8,11-12,16H2,1-4H3. The number of aromatic nitrogens is 1. The molecule has 4 heteroatoms. The largest absolute Gasteiger partial charge is 0.396 e. The molecule has 0 atom stereocenters. The summed E-state index contributed by atoms with van der Waals surface area (Å²) < 4.78 is 0. The van der Waals surface area contributed by atoms with Gasteiger partial charge in [0.15, 0.2) is 5.82 Å². The summed E-state index contributed by atoms with van der Waals surface area (Å²) in [6.45, 7) is 13.9. The highest BCUT2D eigenvalue weighted by atomic mass is 15.2. The number of pyridine rings is 1. The fraction of sp³-hybridized carbons (Fsp3) is 0.667. The molecule has 0 bridgehead atoms. The van der Waals surface area contributed by atoms with Crippen LogP contribution in [0.5, 0.6) is 0 Å². The maximum atomic E-state index is 6.13. The van der Waals surface area contributed by atoms with Crippen molar-refractivity contribution in [3.8, 4) is 0 Å². The third kappa shape index (κ3) is 4.39. The van der Waals surface area contributed by atoms with Crippen LogP contribution >= 0.6 is 0 Å². The Bertz CT molecular complexity index is 374. The Hall–Kier alpha value is -1.29. The van der Waals surface area contributed by atoms with Gasteiger partial charge in [-0.05, 0) is 51.5 Å². The van der Waals surface area contributed by atoms with Gasteiger partial charge in [-0.2, -0.15) is 0 Å². The highest BCUT2D eigenvalue weighted by Gasteiger charge is 2.11. The summed E-state index contributed by atoms with van der Waals surface area (Å²) in [6, 6.07) is 1.96. The van der Waals surface area contributed by atoms with Crippen molar-refractivity contribution < 1.29 is 0 Å². The molecule has 1 heterocycles. The lowest BCUT2D eigenvalue weighted by atomic mass is 10.2. The topological polar surface area (TPSA) is 45.4 Å². The van der Waals surface area contributed by atoms with Crippen LogP contribution < -0.4 is 10.6 Å². The summed E-state index contributed by atoms with van der Waals surface area (Å²) in [5.41, 5.74) is 8.04. The van der Waals surface area contributed by atoms with E-state index >= 15 is 0 Å². The summed E-state index contributed by atoms with van der Waals surface area (Å²) in [4.78, 5) is 9.15. The van der Waals surface area contributed by atoms with Crippen molar-refractivity contribution in [3.63, 3.8) is 0 Å². The summed E-state index contributed by atoms with van der Waals surface area (Å²) in [7, 11) is 0. The smallest absolute Gasteiger partial charge is 0.152 e. The first-order valence-corrected chi connectivity index (χ1v) is 7.32. The van der Waals surface area contributed by atoms with Gasteiger partial charge in [0.05, 0.1) is 5.69 Å². The zero-order valence-electron chi connectivity index (χ0n) is 12.8. The molecule has 0 aromatic carbocycles. The zero-order valence-corrected chi connectivity index (χ0v) is 12.8. The lowest BCUT2D eigenvalue weighted by Gasteiger charge is -2.25. The average Bonchev–Trinajstić information content (AvgIpc) is 2.43. The van der Waals surface area contributed by atoms with Crippen molar-refractivity contribution in [3.05, 3.63) is 17.8 Å². The fourth-order valence-electron chi connectivity index (χ4n) is 2.25. The molecule has 0 fully saturated rings. The second-order valence-corrected chi connectivity index (χ2v) is 4.83. The molecule has 4 nitrogen and oxygen atoms in total. The van der Waals surface area contributed by atoms with Gasteiger partial charge < -0.3 is 15.5 Å². The molecule has 1 aromatic rings. The fourth-order valence-corrected chi connectivity index (χ4v) is 2.25. The lowest BCUT2D eigenvalue weighted by molar-refractivity contribution is 0.300. The van der Waals surface area contributed by atoms with Gasteiger partial charge in [0.1, 0.15) is 0 Å². The Morgan fingerprint density at radius 3 is 2.37 bits per heavy atom. The molecular formula is C15H28N4. The first-order valence-electron chi connectivity index (χ1n) is 7.32. The van der Waals surface area contributed by atoms with E-state index in [1.165, 1.54) is 0 Å².